The number of rotatable bonds is 5. The number of aryl methyl sites for hydroxylation is 1. The van der Waals surface area contributed by atoms with E-state index < -0.39 is 23.2 Å². The Morgan fingerprint density at radius 2 is 1.97 bits per heavy atom. The molecule has 33 heavy (non-hydrogen) atoms. The zero-order valence-corrected chi connectivity index (χ0v) is 19.2. The minimum atomic E-state index is -1.33. The summed E-state index contributed by atoms with van der Waals surface area (Å²) in [5, 5.41) is 7.38. The van der Waals surface area contributed by atoms with Crippen molar-refractivity contribution in [2.24, 2.45) is 0 Å². The second-order valence-corrected chi connectivity index (χ2v) is 8.95. The van der Waals surface area contributed by atoms with Gasteiger partial charge in [-0.05, 0) is 57.4 Å². The second-order valence-electron chi connectivity index (χ2n) is 8.95. The summed E-state index contributed by atoms with van der Waals surface area (Å²) in [6, 6.07) is 5.53. The molecule has 1 N–H and O–H groups in total. The molecule has 1 atom stereocenters. The highest BCUT2D eigenvalue weighted by atomic mass is 19.1. The second kappa shape index (κ2) is 8.96. The van der Waals surface area contributed by atoms with E-state index in [4.69, 9.17) is 4.74 Å². The van der Waals surface area contributed by atoms with Crippen LogP contribution < -0.4 is 10.2 Å². The number of halogens is 1. The first-order chi connectivity index (χ1) is 15.7. The van der Waals surface area contributed by atoms with Crippen LogP contribution in [0.2, 0.25) is 0 Å². The average molecular weight is 457 g/mol. The van der Waals surface area contributed by atoms with Gasteiger partial charge in [-0.2, -0.15) is 5.10 Å². The number of carbonyl (C=O) groups is 3. The van der Waals surface area contributed by atoms with Crippen molar-refractivity contribution in [2.45, 2.75) is 71.0 Å². The third kappa shape index (κ3) is 4.24. The number of amides is 2. The molecule has 1 fully saturated rings. The number of aromatic nitrogens is 2. The number of nitrogens with one attached hydrogen (secondary N) is 1. The average Bonchev–Trinajstić information content (AvgIpc) is 3.20. The van der Waals surface area contributed by atoms with Crippen LogP contribution in [0.3, 0.4) is 0 Å². The third-order valence-electron chi connectivity index (χ3n) is 6.47. The first-order valence-electron chi connectivity index (χ1n) is 11.4. The molecule has 9 heteroatoms. The van der Waals surface area contributed by atoms with Gasteiger partial charge in [-0.15, -0.1) is 0 Å². The quantitative estimate of drug-likeness (QED) is 0.697. The predicted octanol–water partition coefficient (Wildman–Crippen LogP) is 3.38. The smallest absolute Gasteiger partial charge is 0.358 e. The maximum Gasteiger partial charge on any atom is 0.358 e. The molecule has 2 aromatic rings. The van der Waals surface area contributed by atoms with E-state index >= 15 is 0 Å². The molecular formula is C24H29FN4O4. The molecule has 8 nitrogen and oxygen atoms in total. The monoisotopic (exact) mass is 456 g/mol. The van der Waals surface area contributed by atoms with E-state index in [2.05, 4.69) is 10.4 Å². The number of esters is 1. The van der Waals surface area contributed by atoms with Crippen LogP contribution in [0.25, 0.3) is 0 Å². The molecule has 2 amide bonds. The van der Waals surface area contributed by atoms with Gasteiger partial charge in [0.05, 0.1) is 13.2 Å². The summed E-state index contributed by atoms with van der Waals surface area (Å²) in [4.78, 5) is 41.0. The molecule has 0 bridgehead atoms. The number of benzene rings is 1. The molecule has 4 rings (SSSR count). The van der Waals surface area contributed by atoms with E-state index in [0.29, 0.717) is 11.3 Å². The van der Waals surface area contributed by atoms with Crippen molar-refractivity contribution in [1.82, 2.24) is 15.1 Å². The molecular weight excluding hydrogens is 427 g/mol. The molecule has 2 aliphatic rings. The van der Waals surface area contributed by atoms with E-state index in [1.165, 1.54) is 33.8 Å². The molecule has 0 radical (unpaired) electrons. The lowest BCUT2D eigenvalue weighted by molar-refractivity contribution is -0.127. The number of hydrogen-bond acceptors (Lipinski definition) is 5. The fourth-order valence-electron chi connectivity index (χ4n) is 4.72. The van der Waals surface area contributed by atoms with Crippen molar-refractivity contribution in [2.75, 3.05) is 11.5 Å². The van der Waals surface area contributed by atoms with Crippen LogP contribution in [0.4, 0.5) is 10.1 Å². The van der Waals surface area contributed by atoms with Gasteiger partial charge < -0.3 is 10.1 Å². The molecule has 1 aliphatic heterocycles. The van der Waals surface area contributed by atoms with E-state index in [-0.39, 0.29) is 36.5 Å². The van der Waals surface area contributed by atoms with Crippen LogP contribution in [0.5, 0.6) is 0 Å². The van der Waals surface area contributed by atoms with Crippen molar-refractivity contribution < 1.29 is 23.5 Å². The molecule has 1 aliphatic carbocycles. The predicted molar refractivity (Wildman–Crippen MR) is 120 cm³/mol. The van der Waals surface area contributed by atoms with Crippen molar-refractivity contribution in [3.8, 4) is 0 Å². The number of nitrogens with zero attached hydrogens (tertiary/aromatic N) is 3. The Labute approximate surface area is 192 Å². The standard InChI is InChI=1S/C24H29FN4O4/c1-4-33-22(31)18-13-20-21(30)29(19-11-10-16(25)12-15(19)2)24(3,14-28(20)27-18)23(32)26-17-8-6-5-7-9-17/h10-13,17H,4-9,14H2,1-3H3,(H,26,32)/t24-/m1/s1. The Bertz CT molecular complexity index is 1090. The van der Waals surface area contributed by atoms with Crippen molar-refractivity contribution in [3.05, 3.63) is 47.0 Å². The zero-order chi connectivity index (χ0) is 23.8. The lowest BCUT2D eigenvalue weighted by atomic mass is 9.90. The van der Waals surface area contributed by atoms with Crippen LogP contribution in [0.15, 0.2) is 24.3 Å². The van der Waals surface area contributed by atoms with Crippen molar-refractivity contribution >= 4 is 23.5 Å². The normalized spacial score (nSPS) is 21.0. The summed E-state index contributed by atoms with van der Waals surface area (Å²) in [6.45, 7) is 5.28. The summed E-state index contributed by atoms with van der Waals surface area (Å²) >= 11 is 0. The Hall–Kier alpha value is -3.23. The van der Waals surface area contributed by atoms with Gasteiger partial charge in [-0.3, -0.25) is 19.2 Å². The molecule has 1 saturated carbocycles. The molecule has 0 saturated heterocycles. The third-order valence-corrected chi connectivity index (χ3v) is 6.47. The Kier molecular flexibility index (Phi) is 6.23. The maximum absolute atomic E-state index is 13.8. The minimum absolute atomic E-state index is 0.00733. The largest absolute Gasteiger partial charge is 0.461 e. The van der Waals surface area contributed by atoms with Crippen LogP contribution >= 0.6 is 0 Å². The minimum Gasteiger partial charge on any atom is -0.461 e. The maximum atomic E-state index is 13.8. The van der Waals surface area contributed by atoms with Crippen molar-refractivity contribution in [3.63, 3.8) is 0 Å². The fraction of sp³-hybridized carbons (Fsp3) is 0.500. The van der Waals surface area contributed by atoms with Gasteiger partial charge in [0.25, 0.3) is 5.91 Å². The first-order valence-corrected chi connectivity index (χ1v) is 11.4. The summed E-state index contributed by atoms with van der Waals surface area (Å²) in [7, 11) is 0. The lowest BCUT2D eigenvalue weighted by Gasteiger charge is -2.44. The highest BCUT2D eigenvalue weighted by molar-refractivity contribution is 6.12. The van der Waals surface area contributed by atoms with Gasteiger partial charge in [0.2, 0.25) is 5.91 Å². The van der Waals surface area contributed by atoms with E-state index in [9.17, 15) is 18.8 Å². The van der Waals surface area contributed by atoms with Gasteiger partial charge in [-0.1, -0.05) is 19.3 Å². The van der Waals surface area contributed by atoms with Gasteiger partial charge in [0.15, 0.2) is 5.69 Å². The zero-order valence-electron chi connectivity index (χ0n) is 19.2. The highest BCUT2D eigenvalue weighted by Crippen LogP contribution is 2.35. The summed E-state index contributed by atoms with van der Waals surface area (Å²) < 4.78 is 20.2. The van der Waals surface area contributed by atoms with Crippen molar-refractivity contribution in [1.29, 1.82) is 0 Å². The topological polar surface area (TPSA) is 93.5 Å². The fourth-order valence-corrected chi connectivity index (χ4v) is 4.72. The molecule has 1 aromatic carbocycles. The van der Waals surface area contributed by atoms with Crippen LogP contribution in [-0.4, -0.2) is 45.8 Å². The van der Waals surface area contributed by atoms with Gasteiger partial charge in [0.1, 0.15) is 17.1 Å². The summed E-state index contributed by atoms with van der Waals surface area (Å²) in [5.74, 6) is -1.85. The Morgan fingerprint density at radius 1 is 1.24 bits per heavy atom. The molecule has 1 aromatic heterocycles. The Morgan fingerprint density at radius 3 is 2.64 bits per heavy atom. The highest BCUT2D eigenvalue weighted by Gasteiger charge is 2.50. The summed E-state index contributed by atoms with van der Waals surface area (Å²) in [5.41, 5.74) is -0.189. The van der Waals surface area contributed by atoms with E-state index in [1.807, 2.05) is 0 Å². The number of hydrogen-bond donors (Lipinski definition) is 1. The molecule has 176 valence electrons. The first kappa shape index (κ1) is 22.9. The Balaban J connectivity index is 1.77. The number of fused-ring (bicyclic) bond motifs is 1. The molecule has 0 spiro atoms. The SMILES string of the molecule is CCOC(=O)c1cc2n(n1)C[C@](C)(C(=O)NC1CCCCC1)N(c1ccc(F)cc1C)C2=O. The van der Waals surface area contributed by atoms with E-state index in [1.54, 1.807) is 20.8 Å². The van der Waals surface area contributed by atoms with Gasteiger partial charge in [-0.25, -0.2) is 9.18 Å². The lowest BCUT2D eigenvalue weighted by Crippen LogP contribution is -2.65. The van der Waals surface area contributed by atoms with Crippen LogP contribution in [-0.2, 0) is 16.1 Å². The van der Waals surface area contributed by atoms with Crippen LogP contribution in [0, 0.1) is 12.7 Å². The van der Waals surface area contributed by atoms with Gasteiger partial charge >= 0.3 is 5.97 Å². The summed E-state index contributed by atoms with van der Waals surface area (Å²) in [6.07, 6.45) is 5.04. The van der Waals surface area contributed by atoms with E-state index in [0.717, 1.165) is 32.1 Å². The molecule has 0 unspecified atom stereocenters. The number of carbonyl (C=O) groups excluding carboxylic acids is 3. The van der Waals surface area contributed by atoms with Gasteiger partial charge in [0, 0.05) is 17.8 Å². The number of anilines is 1. The van der Waals surface area contributed by atoms with Crippen LogP contribution in [0.1, 0.15) is 72.5 Å². The molecule has 2 heterocycles. The number of ether oxygens (including phenoxy) is 1.